The smallest absolute Gasteiger partial charge is 0.243 e. The molecule has 3 rings (SSSR count). The summed E-state index contributed by atoms with van der Waals surface area (Å²) in [4.78, 5) is 26.3. The summed E-state index contributed by atoms with van der Waals surface area (Å²) in [5, 5.41) is 9.13. The fourth-order valence-electron chi connectivity index (χ4n) is 4.07. The molecule has 10 heteroatoms. The van der Waals surface area contributed by atoms with Gasteiger partial charge in [0.25, 0.3) is 0 Å². The number of hydrogen-bond donors (Lipinski definition) is 3. The van der Waals surface area contributed by atoms with Crippen LogP contribution in [0.2, 0.25) is 0 Å². The van der Waals surface area contributed by atoms with Crippen LogP contribution in [-0.4, -0.2) is 57.3 Å². The van der Waals surface area contributed by atoms with Crippen LogP contribution < -0.4 is 20.9 Å². The molecule has 0 saturated heterocycles. The normalized spacial score (nSPS) is 13.0. The molecule has 2 amide bonds. The predicted octanol–water partition coefficient (Wildman–Crippen LogP) is 3.11. The van der Waals surface area contributed by atoms with E-state index in [1.807, 2.05) is 19.1 Å². The highest BCUT2D eigenvalue weighted by atomic mass is 32.2. The number of amides is 2. The highest BCUT2D eigenvalue weighted by Crippen LogP contribution is 2.31. The van der Waals surface area contributed by atoms with E-state index in [0.29, 0.717) is 37.6 Å². The topological polar surface area (TPSA) is 111 Å². The van der Waals surface area contributed by atoms with Gasteiger partial charge in [0.2, 0.25) is 21.8 Å². The van der Waals surface area contributed by atoms with E-state index >= 15 is 0 Å². The van der Waals surface area contributed by atoms with Crippen LogP contribution in [0, 0.1) is 0 Å². The standard InChI is InChI=1S/C24H33N5O4S/c1-5-25-21-10-9-20(34(32,33)28(6-2)7-3)15-22(21)26-16-24(31)27-19-8-11-23-18(14-19)12-13-29(23)17(4)30/h8-11,14-15,25-26H,5-7,12-13,16H2,1-4H3,(H,27,31). The number of nitrogens with one attached hydrogen (secondary N) is 3. The second kappa shape index (κ2) is 10.9. The van der Waals surface area contributed by atoms with Crippen molar-refractivity contribution in [1.82, 2.24) is 4.31 Å². The Bertz CT molecular complexity index is 1160. The summed E-state index contributed by atoms with van der Waals surface area (Å²) in [6.45, 7) is 9.09. The first kappa shape index (κ1) is 25.5. The number of hydrogen-bond acceptors (Lipinski definition) is 6. The molecule has 184 valence electrons. The maximum atomic E-state index is 12.9. The largest absolute Gasteiger partial charge is 0.384 e. The Balaban J connectivity index is 1.73. The molecule has 0 radical (unpaired) electrons. The number of carbonyl (C=O) groups is 2. The van der Waals surface area contributed by atoms with Crippen molar-refractivity contribution in [2.75, 3.05) is 53.6 Å². The van der Waals surface area contributed by atoms with Crippen molar-refractivity contribution in [3.63, 3.8) is 0 Å². The lowest BCUT2D eigenvalue weighted by atomic mass is 10.1. The average molecular weight is 488 g/mol. The van der Waals surface area contributed by atoms with Gasteiger partial charge in [0.1, 0.15) is 0 Å². The van der Waals surface area contributed by atoms with Gasteiger partial charge in [0.05, 0.1) is 22.8 Å². The van der Waals surface area contributed by atoms with E-state index in [1.54, 1.807) is 49.9 Å². The number of anilines is 4. The van der Waals surface area contributed by atoms with Crippen molar-refractivity contribution in [3.05, 3.63) is 42.0 Å². The number of sulfonamides is 1. The molecular formula is C24H33N5O4S. The Morgan fingerprint density at radius 2 is 1.74 bits per heavy atom. The van der Waals surface area contributed by atoms with E-state index in [4.69, 9.17) is 0 Å². The maximum Gasteiger partial charge on any atom is 0.243 e. The van der Waals surface area contributed by atoms with E-state index in [-0.39, 0.29) is 23.3 Å². The second-order valence-electron chi connectivity index (χ2n) is 7.99. The summed E-state index contributed by atoms with van der Waals surface area (Å²) in [7, 11) is -3.62. The Hall–Kier alpha value is -3.11. The number of benzene rings is 2. The summed E-state index contributed by atoms with van der Waals surface area (Å²) in [5.41, 5.74) is 3.81. The second-order valence-corrected chi connectivity index (χ2v) is 9.93. The Labute approximate surface area is 201 Å². The monoisotopic (exact) mass is 487 g/mol. The Kier molecular flexibility index (Phi) is 8.16. The van der Waals surface area contributed by atoms with Crippen molar-refractivity contribution in [2.24, 2.45) is 0 Å². The molecule has 2 aromatic carbocycles. The van der Waals surface area contributed by atoms with Crippen LogP contribution in [0.15, 0.2) is 41.3 Å². The number of nitrogens with zero attached hydrogens (tertiary/aromatic N) is 2. The highest BCUT2D eigenvalue weighted by molar-refractivity contribution is 7.89. The van der Waals surface area contributed by atoms with E-state index in [2.05, 4.69) is 16.0 Å². The summed E-state index contributed by atoms with van der Waals surface area (Å²) in [6, 6.07) is 10.4. The minimum absolute atomic E-state index is 0.00136. The molecule has 1 aliphatic heterocycles. The molecule has 3 N–H and O–H groups in total. The summed E-state index contributed by atoms with van der Waals surface area (Å²) < 4.78 is 27.3. The van der Waals surface area contributed by atoms with Gasteiger partial charge in [-0.2, -0.15) is 4.31 Å². The molecule has 34 heavy (non-hydrogen) atoms. The molecule has 9 nitrogen and oxygen atoms in total. The molecule has 0 bridgehead atoms. The molecule has 0 unspecified atom stereocenters. The van der Waals surface area contributed by atoms with Crippen LogP contribution in [-0.2, 0) is 26.0 Å². The fraction of sp³-hybridized carbons (Fsp3) is 0.417. The summed E-state index contributed by atoms with van der Waals surface area (Å²) >= 11 is 0. The van der Waals surface area contributed by atoms with E-state index in [0.717, 1.165) is 23.4 Å². The number of fused-ring (bicyclic) bond motifs is 1. The number of rotatable bonds is 10. The zero-order valence-electron chi connectivity index (χ0n) is 20.1. The van der Waals surface area contributed by atoms with Crippen LogP contribution in [0.5, 0.6) is 0 Å². The molecule has 0 aromatic heterocycles. The zero-order chi connectivity index (χ0) is 24.9. The van der Waals surface area contributed by atoms with E-state index in [9.17, 15) is 18.0 Å². The van der Waals surface area contributed by atoms with Crippen molar-refractivity contribution in [2.45, 2.75) is 39.0 Å². The number of carbonyl (C=O) groups excluding carboxylic acids is 2. The van der Waals surface area contributed by atoms with Gasteiger partial charge >= 0.3 is 0 Å². The lowest BCUT2D eigenvalue weighted by molar-refractivity contribution is -0.116. The molecule has 0 aliphatic carbocycles. The first-order chi connectivity index (χ1) is 16.2. The first-order valence-electron chi connectivity index (χ1n) is 11.5. The zero-order valence-corrected chi connectivity index (χ0v) is 21.0. The lowest BCUT2D eigenvalue weighted by Gasteiger charge is -2.20. The Morgan fingerprint density at radius 1 is 1.00 bits per heavy atom. The third kappa shape index (κ3) is 5.51. The van der Waals surface area contributed by atoms with E-state index < -0.39 is 10.0 Å². The predicted molar refractivity (Wildman–Crippen MR) is 136 cm³/mol. The maximum absolute atomic E-state index is 12.9. The van der Waals surface area contributed by atoms with Crippen LogP contribution >= 0.6 is 0 Å². The molecule has 0 spiro atoms. The van der Waals surface area contributed by atoms with Crippen LogP contribution in [0.1, 0.15) is 33.3 Å². The van der Waals surface area contributed by atoms with Gasteiger partial charge in [0.15, 0.2) is 0 Å². The third-order valence-electron chi connectivity index (χ3n) is 5.78. The van der Waals surface area contributed by atoms with Crippen LogP contribution in [0.4, 0.5) is 22.7 Å². The SMILES string of the molecule is CCNc1ccc(S(=O)(=O)N(CC)CC)cc1NCC(=O)Nc1ccc2c(c1)CCN2C(C)=O. The molecule has 0 atom stereocenters. The molecular weight excluding hydrogens is 454 g/mol. The molecule has 1 aliphatic rings. The van der Waals surface area contributed by atoms with Crippen molar-refractivity contribution in [1.29, 1.82) is 0 Å². The third-order valence-corrected chi connectivity index (χ3v) is 7.83. The minimum Gasteiger partial charge on any atom is -0.384 e. The molecule has 2 aromatic rings. The summed E-state index contributed by atoms with van der Waals surface area (Å²) in [5.74, 6) is -0.262. The van der Waals surface area contributed by atoms with Gasteiger partial charge in [-0.15, -0.1) is 0 Å². The Morgan fingerprint density at radius 3 is 2.38 bits per heavy atom. The average Bonchev–Trinajstić information content (AvgIpc) is 3.22. The van der Waals surface area contributed by atoms with Gasteiger partial charge < -0.3 is 20.9 Å². The van der Waals surface area contributed by atoms with Crippen molar-refractivity contribution in [3.8, 4) is 0 Å². The van der Waals surface area contributed by atoms with Gasteiger partial charge in [0, 0.05) is 44.5 Å². The van der Waals surface area contributed by atoms with Gasteiger partial charge in [-0.05, 0) is 55.3 Å². The van der Waals surface area contributed by atoms with Crippen LogP contribution in [0.25, 0.3) is 0 Å². The van der Waals surface area contributed by atoms with Crippen molar-refractivity contribution >= 4 is 44.6 Å². The highest BCUT2D eigenvalue weighted by Gasteiger charge is 2.24. The van der Waals surface area contributed by atoms with Gasteiger partial charge in [-0.25, -0.2) is 8.42 Å². The lowest BCUT2D eigenvalue weighted by Crippen LogP contribution is -2.30. The summed E-state index contributed by atoms with van der Waals surface area (Å²) in [6.07, 6.45) is 0.747. The molecule has 0 saturated carbocycles. The first-order valence-corrected chi connectivity index (χ1v) is 13.0. The minimum atomic E-state index is -3.62. The van der Waals surface area contributed by atoms with Crippen molar-refractivity contribution < 1.29 is 18.0 Å². The quantitative estimate of drug-likeness (QED) is 0.475. The van der Waals surface area contributed by atoms with E-state index in [1.165, 1.54) is 4.31 Å². The molecule has 1 heterocycles. The van der Waals surface area contributed by atoms with Gasteiger partial charge in [-0.1, -0.05) is 13.8 Å². The van der Waals surface area contributed by atoms with Crippen LogP contribution in [0.3, 0.4) is 0 Å². The fourth-order valence-corrected chi connectivity index (χ4v) is 5.56. The molecule has 0 fully saturated rings. The van der Waals surface area contributed by atoms with Gasteiger partial charge in [-0.3, -0.25) is 9.59 Å².